The number of hydrogen-bond donors (Lipinski definition) is 1. The molecule has 1 amide bonds. The van der Waals surface area contributed by atoms with Crippen molar-refractivity contribution in [3.63, 3.8) is 0 Å². The standard InChI is InChI=1S/C8H11N3O3S/c1-3-14-8(13)5(2)9-7(12)6-4-15-11-10-6/h4-5H,3H2,1-2H3,(H,9,12). The molecule has 0 aliphatic heterocycles. The van der Waals surface area contributed by atoms with E-state index in [2.05, 4.69) is 14.9 Å². The molecule has 0 aromatic carbocycles. The van der Waals surface area contributed by atoms with E-state index in [0.717, 1.165) is 11.5 Å². The molecule has 0 spiro atoms. The van der Waals surface area contributed by atoms with Crippen molar-refractivity contribution < 1.29 is 14.3 Å². The van der Waals surface area contributed by atoms with Crippen LogP contribution in [0.4, 0.5) is 0 Å². The molecule has 0 saturated heterocycles. The summed E-state index contributed by atoms with van der Waals surface area (Å²) in [6.07, 6.45) is 0. The average molecular weight is 229 g/mol. The predicted molar refractivity (Wildman–Crippen MR) is 53.5 cm³/mol. The van der Waals surface area contributed by atoms with Crippen LogP contribution in [0.3, 0.4) is 0 Å². The molecular weight excluding hydrogens is 218 g/mol. The molecule has 0 bridgehead atoms. The van der Waals surface area contributed by atoms with Crippen LogP contribution in [-0.4, -0.2) is 34.1 Å². The van der Waals surface area contributed by atoms with Gasteiger partial charge in [0.25, 0.3) is 5.91 Å². The fraction of sp³-hybridized carbons (Fsp3) is 0.500. The first-order chi connectivity index (χ1) is 7.15. The molecule has 0 radical (unpaired) electrons. The number of carbonyl (C=O) groups excluding carboxylic acids is 2. The highest BCUT2D eigenvalue weighted by molar-refractivity contribution is 7.03. The third kappa shape index (κ3) is 3.28. The normalized spacial score (nSPS) is 11.9. The summed E-state index contributed by atoms with van der Waals surface area (Å²) < 4.78 is 8.28. The number of carbonyl (C=O) groups is 2. The van der Waals surface area contributed by atoms with Crippen molar-refractivity contribution in [2.45, 2.75) is 19.9 Å². The summed E-state index contributed by atoms with van der Waals surface area (Å²) in [7, 11) is 0. The lowest BCUT2D eigenvalue weighted by molar-refractivity contribution is -0.144. The van der Waals surface area contributed by atoms with Crippen molar-refractivity contribution in [1.29, 1.82) is 0 Å². The zero-order valence-electron chi connectivity index (χ0n) is 8.39. The van der Waals surface area contributed by atoms with Crippen LogP contribution >= 0.6 is 11.5 Å². The first-order valence-corrected chi connectivity index (χ1v) is 5.23. The highest BCUT2D eigenvalue weighted by atomic mass is 32.1. The Hall–Kier alpha value is -1.50. The first-order valence-electron chi connectivity index (χ1n) is 4.39. The van der Waals surface area contributed by atoms with Gasteiger partial charge in [-0.25, -0.2) is 4.79 Å². The van der Waals surface area contributed by atoms with Gasteiger partial charge in [-0.2, -0.15) is 0 Å². The van der Waals surface area contributed by atoms with Gasteiger partial charge in [-0.15, -0.1) is 5.10 Å². The summed E-state index contributed by atoms with van der Waals surface area (Å²) in [5.74, 6) is -0.890. The van der Waals surface area contributed by atoms with Gasteiger partial charge in [-0.1, -0.05) is 4.49 Å². The molecule has 6 nitrogen and oxygen atoms in total. The second-order valence-corrected chi connectivity index (χ2v) is 3.35. The summed E-state index contributed by atoms with van der Waals surface area (Å²) >= 11 is 1.08. The maximum Gasteiger partial charge on any atom is 0.328 e. The van der Waals surface area contributed by atoms with E-state index in [0.29, 0.717) is 0 Å². The highest BCUT2D eigenvalue weighted by Gasteiger charge is 2.18. The molecule has 0 aliphatic rings. The van der Waals surface area contributed by atoms with Gasteiger partial charge >= 0.3 is 5.97 Å². The number of ether oxygens (including phenoxy) is 1. The molecule has 1 rings (SSSR count). The quantitative estimate of drug-likeness (QED) is 0.747. The predicted octanol–water partition coefficient (Wildman–Crippen LogP) is 0.220. The van der Waals surface area contributed by atoms with E-state index in [4.69, 9.17) is 4.74 Å². The largest absolute Gasteiger partial charge is 0.464 e. The Balaban J connectivity index is 2.48. The molecule has 1 N–H and O–H groups in total. The van der Waals surface area contributed by atoms with Crippen molar-refractivity contribution in [1.82, 2.24) is 14.9 Å². The Kier molecular flexibility index (Phi) is 4.17. The van der Waals surface area contributed by atoms with E-state index < -0.39 is 17.9 Å². The van der Waals surface area contributed by atoms with Gasteiger partial charge in [0.05, 0.1) is 6.61 Å². The fourth-order valence-electron chi connectivity index (χ4n) is 0.860. The number of hydrogen-bond acceptors (Lipinski definition) is 6. The summed E-state index contributed by atoms with van der Waals surface area (Å²) in [6.45, 7) is 3.55. The average Bonchev–Trinajstić information content (AvgIpc) is 2.70. The van der Waals surface area contributed by atoms with Crippen LogP contribution in [0.1, 0.15) is 24.3 Å². The minimum atomic E-state index is -0.681. The van der Waals surface area contributed by atoms with Gasteiger partial charge in [-0.05, 0) is 25.4 Å². The smallest absolute Gasteiger partial charge is 0.328 e. The van der Waals surface area contributed by atoms with E-state index in [1.54, 1.807) is 13.8 Å². The number of nitrogens with zero attached hydrogens (tertiary/aromatic N) is 2. The number of aromatic nitrogens is 2. The summed E-state index contributed by atoms with van der Waals surface area (Å²) in [5.41, 5.74) is 0.205. The maximum atomic E-state index is 11.4. The Morgan fingerprint density at radius 3 is 2.93 bits per heavy atom. The lowest BCUT2D eigenvalue weighted by Crippen LogP contribution is -2.39. The van der Waals surface area contributed by atoms with Crippen LogP contribution < -0.4 is 5.32 Å². The van der Waals surface area contributed by atoms with Crippen LogP contribution in [0, 0.1) is 0 Å². The minimum absolute atomic E-state index is 0.205. The topological polar surface area (TPSA) is 81.2 Å². The third-order valence-electron chi connectivity index (χ3n) is 1.58. The molecule has 1 unspecified atom stereocenters. The van der Waals surface area contributed by atoms with Crippen LogP contribution in [0.2, 0.25) is 0 Å². The molecule has 0 aliphatic carbocycles. The monoisotopic (exact) mass is 229 g/mol. The Morgan fingerprint density at radius 1 is 1.67 bits per heavy atom. The first kappa shape index (κ1) is 11.6. The summed E-state index contributed by atoms with van der Waals surface area (Å²) in [4.78, 5) is 22.6. The Morgan fingerprint density at radius 2 is 2.40 bits per heavy atom. The van der Waals surface area contributed by atoms with E-state index in [9.17, 15) is 9.59 Å². The lowest BCUT2D eigenvalue weighted by Gasteiger charge is -2.10. The maximum absolute atomic E-state index is 11.4. The van der Waals surface area contributed by atoms with E-state index in [1.165, 1.54) is 5.38 Å². The second kappa shape index (κ2) is 5.40. The molecular formula is C8H11N3O3S. The lowest BCUT2D eigenvalue weighted by atomic mass is 10.3. The van der Waals surface area contributed by atoms with Gasteiger partial charge in [-0.3, -0.25) is 4.79 Å². The molecule has 1 aromatic rings. The molecule has 1 heterocycles. The van der Waals surface area contributed by atoms with Gasteiger partial charge in [0.15, 0.2) is 5.69 Å². The molecule has 15 heavy (non-hydrogen) atoms. The minimum Gasteiger partial charge on any atom is -0.464 e. The number of amides is 1. The van der Waals surface area contributed by atoms with Crippen molar-refractivity contribution >= 4 is 23.4 Å². The van der Waals surface area contributed by atoms with Gasteiger partial charge in [0, 0.05) is 5.38 Å². The van der Waals surface area contributed by atoms with E-state index in [1.807, 2.05) is 0 Å². The summed E-state index contributed by atoms with van der Waals surface area (Å²) in [6, 6.07) is -0.681. The summed E-state index contributed by atoms with van der Waals surface area (Å²) in [5, 5.41) is 7.54. The molecule has 0 fully saturated rings. The van der Waals surface area contributed by atoms with E-state index >= 15 is 0 Å². The SMILES string of the molecule is CCOC(=O)C(C)NC(=O)c1csnn1. The van der Waals surface area contributed by atoms with E-state index in [-0.39, 0.29) is 12.3 Å². The zero-order valence-corrected chi connectivity index (χ0v) is 9.21. The Bertz CT molecular complexity index is 339. The zero-order chi connectivity index (χ0) is 11.3. The fourth-order valence-corrected chi connectivity index (χ4v) is 1.30. The van der Waals surface area contributed by atoms with Crippen LogP contribution in [-0.2, 0) is 9.53 Å². The van der Waals surface area contributed by atoms with Gasteiger partial charge in [0.2, 0.25) is 0 Å². The molecule has 82 valence electrons. The van der Waals surface area contributed by atoms with Crippen molar-refractivity contribution in [3.8, 4) is 0 Å². The van der Waals surface area contributed by atoms with Gasteiger partial charge < -0.3 is 10.1 Å². The van der Waals surface area contributed by atoms with Crippen LogP contribution in [0.5, 0.6) is 0 Å². The molecule has 1 aromatic heterocycles. The molecule has 0 saturated carbocycles. The second-order valence-electron chi connectivity index (χ2n) is 2.74. The molecule has 7 heteroatoms. The van der Waals surface area contributed by atoms with Crippen LogP contribution in [0.25, 0.3) is 0 Å². The molecule has 1 atom stereocenters. The van der Waals surface area contributed by atoms with Crippen LogP contribution in [0.15, 0.2) is 5.38 Å². The number of rotatable bonds is 4. The number of esters is 1. The van der Waals surface area contributed by atoms with Crippen molar-refractivity contribution in [2.75, 3.05) is 6.61 Å². The Labute approximate surface area is 90.8 Å². The third-order valence-corrected chi connectivity index (χ3v) is 2.09. The van der Waals surface area contributed by atoms with Gasteiger partial charge in [0.1, 0.15) is 6.04 Å². The number of nitrogens with one attached hydrogen (secondary N) is 1. The highest BCUT2D eigenvalue weighted by Crippen LogP contribution is 1.98. The van der Waals surface area contributed by atoms with Crippen molar-refractivity contribution in [3.05, 3.63) is 11.1 Å². The van der Waals surface area contributed by atoms with Crippen molar-refractivity contribution in [2.24, 2.45) is 0 Å².